The Morgan fingerprint density at radius 1 is 1.35 bits per heavy atom. The summed E-state index contributed by atoms with van der Waals surface area (Å²) in [5, 5.41) is 9.01. The van der Waals surface area contributed by atoms with Gasteiger partial charge in [-0.25, -0.2) is 4.79 Å². The number of hydrogen-bond acceptors (Lipinski definition) is 3. The maximum atomic E-state index is 11.0. The minimum atomic E-state index is -0.880. The molecule has 4 nitrogen and oxygen atoms in total. The van der Waals surface area contributed by atoms with Crippen molar-refractivity contribution < 1.29 is 9.90 Å². The van der Waals surface area contributed by atoms with Crippen LogP contribution in [0.1, 0.15) is 24.8 Å². The second-order valence-corrected chi connectivity index (χ2v) is 3.83. The maximum Gasteiger partial charge on any atom is 0.328 e. The molecular formula is C13H18N2O2. The molecular weight excluding hydrogens is 216 g/mol. The first-order valence-electron chi connectivity index (χ1n) is 5.75. The molecule has 0 amide bonds. The Morgan fingerprint density at radius 3 is 2.65 bits per heavy atom. The van der Waals surface area contributed by atoms with Crippen molar-refractivity contribution in [2.24, 2.45) is 10.7 Å². The molecule has 0 aromatic heterocycles. The number of rotatable bonds is 7. The number of unbranched alkanes of at least 4 members (excludes halogenated alkanes) is 1. The highest BCUT2D eigenvalue weighted by atomic mass is 16.4. The van der Waals surface area contributed by atoms with Gasteiger partial charge in [0.15, 0.2) is 0 Å². The van der Waals surface area contributed by atoms with E-state index in [0.29, 0.717) is 13.0 Å². The van der Waals surface area contributed by atoms with Crippen LogP contribution >= 0.6 is 0 Å². The fourth-order valence-corrected chi connectivity index (χ4v) is 1.46. The standard InChI is InChI=1S/C13H18N2O2/c14-9-5-4-8-12(13(16)17)15-10-11-6-2-1-3-7-11/h1-3,6-7,10,12H,4-5,8-9,14H2,(H,16,17)/t12-/m0/s1. The van der Waals surface area contributed by atoms with Crippen LogP contribution in [0, 0.1) is 0 Å². The average Bonchev–Trinajstić information content (AvgIpc) is 2.34. The number of aliphatic imine (C=N–C) groups is 1. The number of carboxylic acids is 1. The summed E-state index contributed by atoms with van der Waals surface area (Å²) in [7, 11) is 0. The second-order valence-electron chi connectivity index (χ2n) is 3.83. The van der Waals surface area contributed by atoms with Crippen LogP contribution < -0.4 is 5.73 Å². The lowest BCUT2D eigenvalue weighted by molar-refractivity contribution is -0.138. The van der Waals surface area contributed by atoms with Gasteiger partial charge in [-0.15, -0.1) is 0 Å². The van der Waals surface area contributed by atoms with E-state index in [2.05, 4.69) is 4.99 Å². The van der Waals surface area contributed by atoms with Crippen molar-refractivity contribution in [3.05, 3.63) is 35.9 Å². The van der Waals surface area contributed by atoms with Crippen molar-refractivity contribution in [3.63, 3.8) is 0 Å². The fourth-order valence-electron chi connectivity index (χ4n) is 1.46. The Balaban J connectivity index is 2.54. The third kappa shape index (κ3) is 5.26. The van der Waals surface area contributed by atoms with E-state index in [1.165, 1.54) is 0 Å². The average molecular weight is 234 g/mol. The first-order chi connectivity index (χ1) is 8.24. The van der Waals surface area contributed by atoms with Crippen LogP contribution in [0.2, 0.25) is 0 Å². The van der Waals surface area contributed by atoms with E-state index in [0.717, 1.165) is 18.4 Å². The third-order valence-electron chi connectivity index (χ3n) is 2.42. The molecule has 1 aromatic carbocycles. The zero-order valence-electron chi connectivity index (χ0n) is 9.75. The molecule has 0 unspecified atom stereocenters. The van der Waals surface area contributed by atoms with Crippen molar-refractivity contribution >= 4 is 12.2 Å². The summed E-state index contributed by atoms with van der Waals surface area (Å²) < 4.78 is 0. The van der Waals surface area contributed by atoms with E-state index < -0.39 is 12.0 Å². The molecule has 17 heavy (non-hydrogen) atoms. The zero-order valence-corrected chi connectivity index (χ0v) is 9.75. The largest absolute Gasteiger partial charge is 0.480 e. The van der Waals surface area contributed by atoms with Gasteiger partial charge in [0.2, 0.25) is 0 Å². The van der Waals surface area contributed by atoms with E-state index in [4.69, 9.17) is 10.8 Å². The highest BCUT2D eigenvalue weighted by molar-refractivity contribution is 5.83. The second kappa shape index (κ2) is 7.57. The fraction of sp³-hybridized carbons (Fsp3) is 0.385. The van der Waals surface area contributed by atoms with Gasteiger partial charge in [0.1, 0.15) is 6.04 Å². The van der Waals surface area contributed by atoms with E-state index in [9.17, 15) is 4.79 Å². The molecule has 0 bridgehead atoms. The van der Waals surface area contributed by atoms with E-state index >= 15 is 0 Å². The molecule has 1 rings (SSSR count). The molecule has 0 saturated carbocycles. The van der Waals surface area contributed by atoms with Crippen LogP contribution in [0.25, 0.3) is 0 Å². The Labute approximate surface area is 101 Å². The van der Waals surface area contributed by atoms with Gasteiger partial charge < -0.3 is 10.8 Å². The summed E-state index contributed by atoms with van der Waals surface area (Å²) in [6.45, 7) is 0.592. The summed E-state index contributed by atoms with van der Waals surface area (Å²) in [5.74, 6) is -0.880. The van der Waals surface area contributed by atoms with Gasteiger partial charge in [-0.3, -0.25) is 4.99 Å². The molecule has 0 heterocycles. The first kappa shape index (κ1) is 13.4. The van der Waals surface area contributed by atoms with Gasteiger partial charge in [-0.1, -0.05) is 30.3 Å². The molecule has 1 aromatic rings. The predicted molar refractivity (Wildman–Crippen MR) is 68.4 cm³/mol. The Hall–Kier alpha value is -1.68. The summed E-state index contributed by atoms with van der Waals surface area (Å²) in [4.78, 5) is 15.1. The first-order valence-corrected chi connectivity index (χ1v) is 5.75. The lowest BCUT2D eigenvalue weighted by Crippen LogP contribution is -2.18. The van der Waals surface area contributed by atoms with Gasteiger partial charge in [-0.05, 0) is 31.4 Å². The quantitative estimate of drug-likeness (QED) is 0.556. The van der Waals surface area contributed by atoms with Crippen molar-refractivity contribution in [1.82, 2.24) is 0 Å². The molecule has 0 fully saturated rings. The third-order valence-corrected chi connectivity index (χ3v) is 2.42. The lowest BCUT2D eigenvalue weighted by Gasteiger charge is -2.06. The highest BCUT2D eigenvalue weighted by Crippen LogP contribution is 2.05. The minimum absolute atomic E-state index is 0.538. The molecule has 0 aliphatic heterocycles. The van der Waals surface area contributed by atoms with Crippen molar-refractivity contribution in [1.29, 1.82) is 0 Å². The number of carboxylic acid groups (broad SMARTS) is 1. The van der Waals surface area contributed by atoms with Crippen LogP contribution in [-0.2, 0) is 4.79 Å². The molecule has 0 radical (unpaired) electrons. The zero-order chi connectivity index (χ0) is 12.5. The van der Waals surface area contributed by atoms with E-state index in [1.807, 2.05) is 30.3 Å². The predicted octanol–water partition coefficient (Wildman–Crippen LogP) is 1.69. The molecule has 0 saturated heterocycles. The molecule has 1 atom stereocenters. The topological polar surface area (TPSA) is 75.7 Å². The number of carbonyl (C=O) groups is 1. The Kier molecular flexibility index (Phi) is 5.96. The number of nitrogens with zero attached hydrogens (tertiary/aromatic N) is 1. The van der Waals surface area contributed by atoms with Gasteiger partial charge in [-0.2, -0.15) is 0 Å². The normalized spacial score (nSPS) is 12.8. The minimum Gasteiger partial charge on any atom is -0.480 e. The number of nitrogens with two attached hydrogens (primary N) is 1. The van der Waals surface area contributed by atoms with Gasteiger partial charge in [0.05, 0.1) is 0 Å². The van der Waals surface area contributed by atoms with Crippen LogP contribution in [0.3, 0.4) is 0 Å². The van der Waals surface area contributed by atoms with Crippen LogP contribution in [0.5, 0.6) is 0 Å². The van der Waals surface area contributed by atoms with Crippen LogP contribution in [0.4, 0.5) is 0 Å². The molecule has 0 spiro atoms. The smallest absolute Gasteiger partial charge is 0.328 e. The number of hydrogen-bond donors (Lipinski definition) is 2. The molecule has 0 aliphatic carbocycles. The van der Waals surface area contributed by atoms with Crippen molar-refractivity contribution in [2.75, 3.05) is 6.54 Å². The van der Waals surface area contributed by atoms with E-state index in [1.54, 1.807) is 6.21 Å². The number of aliphatic carboxylic acids is 1. The van der Waals surface area contributed by atoms with Crippen molar-refractivity contribution in [2.45, 2.75) is 25.3 Å². The summed E-state index contributed by atoms with van der Waals surface area (Å²) in [6, 6.07) is 8.82. The van der Waals surface area contributed by atoms with Crippen LogP contribution in [0.15, 0.2) is 35.3 Å². The van der Waals surface area contributed by atoms with Gasteiger partial charge in [0.25, 0.3) is 0 Å². The summed E-state index contributed by atoms with van der Waals surface area (Å²) in [5.41, 5.74) is 6.28. The summed E-state index contributed by atoms with van der Waals surface area (Å²) in [6.07, 6.45) is 3.78. The van der Waals surface area contributed by atoms with Crippen LogP contribution in [-0.4, -0.2) is 29.9 Å². The maximum absolute atomic E-state index is 11.0. The van der Waals surface area contributed by atoms with Gasteiger partial charge >= 0.3 is 5.97 Å². The van der Waals surface area contributed by atoms with Crippen molar-refractivity contribution in [3.8, 4) is 0 Å². The SMILES string of the molecule is NCCCC[C@H](N=Cc1ccccc1)C(=O)O. The summed E-state index contributed by atoms with van der Waals surface area (Å²) >= 11 is 0. The lowest BCUT2D eigenvalue weighted by atomic mass is 10.1. The molecule has 92 valence electrons. The monoisotopic (exact) mass is 234 g/mol. The Bertz CT molecular complexity index is 363. The molecule has 4 heteroatoms. The highest BCUT2D eigenvalue weighted by Gasteiger charge is 2.14. The number of benzene rings is 1. The molecule has 0 aliphatic rings. The molecule has 3 N–H and O–H groups in total. The van der Waals surface area contributed by atoms with Gasteiger partial charge in [0, 0.05) is 6.21 Å². The van der Waals surface area contributed by atoms with E-state index in [-0.39, 0.29) is 0 Å². The Morgan fingerprint density at radius 2 is 2.06 bits per heavy atom.